The van der Waals surface area contributed by atoms with E-state index in [0.29, 0.717) is 6.54 Å². The third kappa shape index (κ3) is 5.34. The Morgan fingerprint density at radius 1 is 1.06 bits per heavy atom. The molecule has 3 aromatic rings. The zero-order chi connectivity index (χ0) is 22.5. The molecule has 4 rings (SSSR count). The lowest BCUT2D eigenvalue weighted by atomic mass is 10.0. The molecule has 1 N–H and O–H groups in total. The lowest BCUT2D eigenvalue weighted by molar-refractivity contribution is 0.118. The number of rotatable bonds is 6. The van der Waals surface area contributed by atoms with Crippen molar-refractivity contribution in [3.05, 3.63) is 89.8 Å². The van der Waals surface area contributed by atoms with Crippen LogP contribution in [0.2, 0.25) is 0 Å². The molecule has 5 nitrogen and oxygen atoms in total. The first-order chi connectivity index (χ1) is 15.5. The molecule has 7 heteroatoms. The van der Waals surface area contributed by atoms with Crippen LogP contribution in [0.15, 0.2) is 66.9 Å². The number of amides is 2. The van der Waals surface area contributed by atoms with Crippen LogP contribution in [0.5, 0.6) is 0 Å². The molecule has 1 aromatic heterocycles. The summed E-state index contributed by atoms with van der Waals surface area (Å²) in [7, 11) is 1.94. The van der Waals surface area contributed by atoms with Gasteiger partial charge in [-0.2, -0.15) is 0 Å². The molecule has 168 valence electrons. The molecule has 0 saturated carbocycles. The first kappa shape index (κ1) is 22.0. The minimum Gasteiger partial charge on any atom is -0.353 e. The molecule has 0 atom stereocenters. The topological polar surface area (TPSA) is 40.5 Å². The fourth-order valence-corrected chi connectivity index (χ4v) is 4.21. The molecular formula is C25H28F2N4O. The third-order valence-corrected chi connectivity index (χ3v) is 6.06. The average Bonchev–Trinajstić information content (AvgIpc) is 3.20. The lowest BCUT2D eigenvalue weighted by Crippen LogP contribution is -2.48. The highest BCUT2D eigenvalue weighted by Gasteiger charge is 2.29. The normalized spacial score (nSPS) is 15.0. The SMILES string of the molecule is Cn1cccc1CN(C(=O)Nc1ccc(F)cc1F)C1CCN(Cc2ccccc2)CC1. The van der Waals surface area contributed by atoms with Gasteiger partial charge < -0.3 is 14.8 Å². The number of hydrogen-bond donors (Lipinski definition) is 1. The Labute approximate surface area is 187 Å². The standard InChI is InChI=1S/C25H28F2N4O/c1-29-13-5-8-22(29)18-31(25(32)28-24-10-9-20(26)16-23(24)27)21-11-14-30(15-12-21)17-19-6-3-2-4-7-19/h2-10,13,16,21H,11-12,14-15,17-18H2,1H3,(H,28,32). The van der Waals surface area contributed by atoms with Crippen molar-refractivity contribution < 1.29 is 13.6 Å². The fraction of sp³-hybridized carbons (Fsp3) is 0.320. The second-order valence-electron chi connectivity index (χ2n) is 8.29. The largest absolute Gasteiger partial charge is 0.353 e. The number of anilines is 1. The predicted molar refractivity (Wildman–Crippen MR) is 121 cm³/mol. The van der Waals surface area contributed by atoms with Gasteiger partial charge in [-0.1, -0.05) is 30.3 Å². The van der Waals surface area contributed by atoms with Gasteiger partial charge in [0.15, 0.2) is 0 Å². The number of halogens is 2. The van der Waals surface area contributed by atoms with Gasteiger partial charge in [0, 0.05) is 50.7 Å². The number of aromatic nitrogens is 1. The maximum atomic E-state index is 14.1. The van der Waals surface area contributed by atoms with Gasteiger partial charge in [-0.25, -0.2) is 13.6 Å². The smallest absolute Gasteiger partial charge is 0.322 e. The number of urea groups is 1. The molecule has 2 heterocycles. The third-order valence-electron chi connectivity index (χ3n) is 6.06. The molecular weight excluding hydrogens is 410 g/mol. The fourth-order valence-electron chi connectivity index (χ4n) is 4.21. The highest BCUT2D eigenvalue weighted by Crippen LogP contribution is 2.23. The summed E-state index contributed by atoms with van der Waals surface area (Å²) in [5.41, 5.74) is 2.25. The first-order valence-electron chi connectivity index (χ1n) is 10.9. The number of nitrogens with zero attached hydrogens (tertiary/aromatic N) is 3. The number of benzene rings is 2. The van der Waals surface area contributed by atoms with Crippen LogP contribution in [-0.2, 0) is 20.1 Å². The Hall–Kier alpha value is -3.19. The maximum absolute atomic E-state index is 14.1. The second-order valence-corrected chi connectivity index (χ2v) is 8.29. The van der Waals surface area contributed by atoms with E-state index in [9.17, 15) is 13.6 Å². The van der Waals surface area contributed by atoms with E-state index < -0.39 is 11.6 Å². The summed E-state index contributed by atoms with van der Waals surface area (Å²) in [6, 6.07) is 17.1. The second kappa shape index (κ2) is 9.96. The van der Waals surface area contributed by atoms with Crippen molar-refractivity contribution in [2.45, 2.75) is 32.0 Å². The number of likely N-dealkylation sites (tertiary alicyclic amines) is 1. The number of aryl methyl sites for hydroxylation is 1. The molecule has 2 amide bonds. The molecule has 0 bridgehead atoms. The lowest BCUT2D eigenvalue weighted by Gasteiger charge is -2.38. The van der Waals surface area contributed by atoms with Gasteiger partial charge >= 0.3 is 6.03 Å². The molecule has 1 fully saturated rings. The van der Waals surface area contributed by atoms with Crippen molar-refractivity contribution in [2.75, 3.05) is 18.4 Å². The van der Waals surface area contributed by atoms with E-state index in [4.69, 9.17) is 0 Å². The van der Waals surface area contributed by atoms with Crippen molar-refractivity contribution in [1.29, 1.82) is 0 Å². The van der Waals surface area contributed by atoms with Gasteiger partial charge in [-0.15, -0.1) is 0 Å². The zero-order valence-corrected chi connectivity index (χ0v) is 18.2. The van der Waals surface area contributed by atoms with Gasteiger partial charge in [-0.3, -0.25) is 4.90 Å². The number of carbonyl (C=O) groups is 1. The number of hydrogen-bond acceptors (Lipinski definition) is 2. The van der Waals surface area contributed by atoms with Crippen molar-refractivity contribution in [2.24, 2.45) is 7.05 Å². The highest BCUT2D eigenvalue weighted by molar-refractivity contribution is 5.89. The summed E-state index contributed by atoms with van der Waals surface area (Å²) in [6.07, 6.45) is 3.60. The van der Waals surface area contributed by atoms with Crippen LogP contribution in [0, 0.1) is 11.6 Å². The van der Waals surface area contributed by atoms with Crippen molar-refractivity contribution in [3.8, 4) is 0 Å². The van der Waals surface area contributed by atoms with Crippen LogP contribution in [0.4, 0.5) is 19.3 Å². The van der Waals surface area contributed by atoms with Crippen LogP contribution in [-0.4, -0.2) is 39.5 Å². The Morgan fingerprint density at radius 3 is 2.47 bits per heavy atom. The number of piperidine rings is 1. The van der Waals surface area contributed by atoms with E-state index >= 15 is 0 Å². The molecule has 0 unspecified atom stereocenters. The van der Waals surface area contributed by atoms with E-state index in [0.717, 1.165) is 50.3 Å². The molecule has 0 spiro atoms. The van der Waals surface area contributed by atoms with Crippen molar-refractivity contribution >= 4 is 11.7 Å². The summed E-state index contributed by atoms with van der Waals surface area (Å²) in [5.74, 6) is -1.46. The van der Waals surface area contributed by atoms with Crippen LogP contribution in [0.25, 0.3) is 0 Å². The monoisotopic (exact) mass is 438 g/mol. The van der Waals surface area contributed by atoms with Crippen molar-refractivity contribution in [3.63, 3.8) is 0 Å². The zero-order valence-electron chi connectivity index (χ0n) is 18.2. The molecule has 2 aromatic carbocycles. The van der Waals surface area contributed by atoms with Gasteiger partial charge in [0.1, 0.15) is 11.6 Å². The number of carbonyl (C=O) groups excluding carboxylic acids is 1. The van der Waals surface area contributed by atoms with Gasteiger partial charge in [-0.05, 0) is 42.7 Å². The van der Waals surface area contributed by atoms with E-state index in [1.165, 1.54) is 11.6 Å². The van der Waals surface area contributed by atoms with E-state index in [-0.39, 0.29) is 17.8 Å². The average molecular weight is 439 g/mol. The Morgan fingerprint density at radius 2 is 1.81 bits per heavy atom. The Bertz CT molecular complexity index is 1050. The molecule has 1 aliphatic rings. The summed E-state index contributed by atoms with van der Waals surface area (Å²) < 4.78 is 29.4. The Kier molecular flexibility index (Phi) is 6.85. The minimum atomic E-state index is -0.783. The quantitative estimate of drug-likeness (QED) is 0.588. The van der Waals surface area contributed by atoms with Crippen LogP contribution >= 0.6 is 0 Å². The van der Waals surface area contributed by atoms with Gasteiger partial charge in [0.25, 0.3) is 0 Å². The molecule has 32 heavy (non-hydrogen) atoms. The first-order valence-corrected chi connectivity index (χ1v) is 10.9. The summed E-state index contributed by atoms with van der Waals surface area (Å²) in [5, 5.41) is 2.64. The summed E-state index contributed by atoms with van der Waals surface area (Å²) in [4.78, 5) is 17.4. The van der Waals surface area contributed by atoms with E-state index in [1.54, 1.807) is 4.90 Å². The number of nitrogens with one attached hydrogen (secondary N) is 1. The molecule has 1 aliphatic heterocycles. The van der Waals surface area contributed by atoms with E-state index in [1.807, 2.05) is 48.1 Å². The highest BCUT2D eigenvalue weighted by atomic mass is 19.1. The predicted octanol–water partition coefficient (Wildman–Crippen LogP) is 5.00. The van der Waals surface area contributed by atoms with Crippen molar-refractivity contribution in [1.82, 2.24) is 14.4 Å². The Balaban J connectivity index is 1.46. The maximum Gasteiger partial charge on any atom is 0.322 e. The van der Waals surface area contributed by atoms with Gasteiger partial charge in [0.05, 0.1) is 12.2 Å². The summed E-state index contributed by atoms with van der Waals surface area (Å²) in [6.45, 7) is 3.06. The van der Waals surface area contributed by atoms with Crippen LogP contribution in [0.3, 0.4) is 0 Å². The van der Waals surface area contributed by atoms with Crippen LogP contribution < -0.4 is 5.32 Å². The molecule has 0 aliphatic carbocycles. The van der Waals surface area contributed by atoms with Gasteiger partial charge in [0.2, 0.25) is 0 Å². The van der Waals surface area contributed by atoms with E-state index in [2.05, 4.69) is 22.3 Å². The summed E-state index contributed by atoms with van der Waals surface area (Å²) >= 11 is 0. The molecule has 0 radical (unpaired) electrons. The minimum absolute atomic E-state index is 0.0187. The molecule has 1 saturated heterocycles. The van der Waals surface area contributed by atoms with Crippen LogP contribution in [0.1, 0.15) is 24.1 Å².